The van der Waals surface area contributed by atoms with E-state index in [0.717, 1.165) is 16.7 Å². The van der Waals surface area contributed by atoms with Crippen molar-refractivity contribution in [3.8, 4) is 23.0 Å². The van der Waals surface area contributed by atoms with Gasteiger partial charge in [-0.1, -0.05) is 12.1 Å². The highest BCUT2D eigenvalue weighted by Gasteiger charge is 2.40. The highest BCUT2D eigenvalue weighted by Crippen LogP contribution is 2.35. The maximum atomic E-state index is 14.1. The summed E-state index contributed by atoms with van der Waals surface area (Å²) >= 11 is 0. The molecule has 41 heavy (non-hydrogen) atoms. The van der Waals surface area contributed by atoms with E-state index in [1.54, 1.807) is 42.7 Å². The van der Waals surface area contributed by atoms with Crippen LogP contribution < -0.4 is 9.47 Å². The molecule has 0 unspecified atom stereocenters. The van der Waals surface area contributed by atoms with Crippen molar-refractivity contribution in [2.24, 2.45) is 11.3 Å². The Bertz CT molecular complexity index is 1400. The predicted octanol–water partition coefficient (Wildman–Crippen LogP) is 3.96. The van der Waals surface area contributed by atoms with E-state index < -0.39 is 18.1 Å². The smallest absolute Gasteiger partial charge is 0.160 e. The molecule has 0 spiro atoms. The minimum Gasteiger partial charge on any atom is -0.504 e. The number of ketones is 1. The van der Waals surface area contributed by atoms with Crippen LogP contribution in [0.5, 0.6) is 23.0 Å². The molecule has 0 aliphatic rings. The summed E-state index contributed by atoms with van der Waals surface area (Å²) in [7, 11) is 2.93. The Kier molecular flexibility index (Phi) is 9.75. The number of carbonyl (C=O) groups excluding carboxylic acids is 1. The molecule has 0 amide bonds. The van der Waals surface area contributed by atoms with Crippen molar-refractivity contribution in [2.45, 2.75) is 38.2 Å². The molecule has 218 valence electrons. The standard InChI is InChI=1S/C32H38N2O7/c1-40-29-13-21(3-5-26(29)36)11-25(12-23-7-9-33-18-23)28(38)15-31(39)32(20-35,17-24-8-10-34-19-24)16-22-4-6-27(37)30(14-22)41-2/h3-10,13-14,18-19,25,28,33-38H,11-12,15-17,20H2,1-2H3/t25-,28-,32-/m1/s1. The molecule has 9 heteroatoms. The van der Waals surface area contributed by atoms with E-state index in [1.165, 1.54) is 20.3 Å². The number of hydrogen-bond acceptors (Lipinski definition) is 7. The number of nitrogens with one attached hydrogen (secondary N) is 2. The molecule has 0 saturated heterocycles. The molecule has 0 bridgehead atoms. The van der Waals surface area contributed by atoms with Gasteiger partial charge in [-0.15, -0.1) is 0 Å². The zero-order valence-electron chi connectivity index (χ0n) is 23.3. The summed E-state index contributed by atoms with van der Waals surface area (Å²) in [6, 6.07) is 13.7. The van der Waals surface area contributed by atoms with E-state index in [-0.39, 0.29) is 48.2 Å². The van der Waals surface area contributed by atoms with Crippen LogP contribution in [0.1, 0.15) is 28.7 Å². The van der Waals surface area contributed by atoms with Crippen molar-refractivity contribution in [3.05, 3.63) is 95.6 Å². The van der Waals surface area contributed by atoms with E-state index in [0.29, 0.717) is 24.2 Å². The third-order valence-corrected chi connectivity index (χ3v) is 7.73. The van der Waals surface area contributed by atoms with Gasteiger partial charge in [0.25, 0.3) is 0 Å². The molecule has 0 radical (unpaired) electrons. The Labute approximate surface area is 239 Å². The number of Topliss-reactive ketones (excluding diaryl/α,β-unsaturated/α-hetero) is 1. The second-order valence-electron chi connectivity index (χ2n) is 10.6. The molecule has 0 saturated carbocycles. The Morgan fingerprint density at radius 1 is 0.805 bits per heavy atom. The monoisotopic (exact) mass is 562 g/mol. The number of aromatic hydroxyl groups is 2. The van der Waals surface area contributed by atoms with Crippen molar-refractivity contribution in [1.29, 1.82) is 0 Å². The molecule has 2 aromatic heterocycles. The first-order valence-corrected chi connectivity index (χ1v) is 13.5. The van der Waals surface area contributed by atoms with Crippen LogP contribution in [0.15, 0.2) is 73.3 Å². The average Bonchev–Trinajstić information content (AvgIpc) is 3.68. The first-order valence-electron chi connectivity index (χ1n) is 13.5. The molecular weight excluding hydrogens is 524 g/mol. The second-order valence-corrected chi connectivity index (χ2v) is 10.6. The Balaban J connectivity index is 1.62. The van der Waals surface area contributed by atoms with Gasteiger partial charge in [-0.05, 0) is 90.3 Å². The summed E-state index contributed by atoms with van der Waals surface area (Å²) in [5.41, 5.74) is 2.19. The molecule has 4 aromatic rings. The zero-order valence-corrected chi connectivity index (χ0v) is 23.3. The number of phenols is 2. The third-order valence-electron chi connectivity index (χ3n) is 7.73. The summed E-state index contributed by atoms with van der Waals surface area (Å²) in [4.78, 5) is 20.1. The number of phenolic OH excluding ortho intramolecular Hbond substituents is 2. The van der Waals surface area contributed by atoms with Crippen LogP contribution in [0, 0.1) is 11.3 Å². The Morgan fingerprint density at radius 2 is 1.34 bits per heavy atom. The fraction of sp³-hybridized carbons (Fsp3) is 0.344. The Morgan fingerprint density at radius 3 is 1.90 bits per heavy atom. The van der Waals surface area contributed by atoms with Gasteiger partial charge in [0.15, 0.2) is 23.0 Å². The molecule has 4 rings (SSSR count). The largest absolute Gasteiger partial charge is 0.504 e. The zero-order chi connectivity index (χ0) is 29.4. The van der Waals surface area contributed by atoms with Gasteiger partial charge in [0.1, 0.15) is 5.78 Å². The first kappa shape index (κ1) is 29.8. The van der Waals surface area contributed by atoms with Crippen molar-refractivity contribution >= 4 is 5.78 Å². The van der Waals surface area contributed by atoms with Gasteiger partial charge in [0, 0.05) is 31.2 Å². The van der Waals surface area contributed by atoms with Crippen LogP contribution in [0.4, 0.5) is 0 Å². The third kappa shape index (κ3) is 7.31. The van der Waals surface area contributed by atoms with Crippen molar-refractivity contribution in [2.75, 3.05) is 20.8 Å². The van der Waals surface area contributed by atoms with E-state index >= 15 is 0 Å². The molecule has 0 aliphatic heterocycles. The number of aliphatic hydroxyl groups is 2. The van der Waals surface area contributed by atoms with Gasteiger partial charge < -0.3 is 39.9 Å². The summed E-state index contributed by atoms with van der Waals surface area (Å²) in [6.07, 6.45) is 7.46. The highest BCUT2D eigenvalue weighted by atomic mass is 16.5. The van der Waals surface area contributed by atoms with E-state index in [1.807, 2.05) is 24.5 Å². The van der Waals surface area contributed by atoms with Gasteiger partial charge in [0.05, 0.1) is 32.3 Å². The van der Waals surface area contributed by atoms with Crippen LogP contribution in [0.3, 0.4) is 0 Å². The topological polar surface area (TPSA) is 148 Å². The summed E-state index contributed by atoms with van der Waals surface area (Å²) in [5.74, 6) is 0.0293. The number of H-pyrrole nitrogens is 2. The number of hydrogen-bond donors (Lipinski definition) is 6. The van der Waals surface area contributed by atoms with Crippen LogP contribution in [0.2, 0.25) is 0 Å². The summed E-state index contributed by atoms with van der Waals surface area (Å²) < 4.78 is 10.5. The maximum Gasteiger partial charge on any atom is 0.160 e. The molecule has 6 N–H and O–H groups in total. The lowest BCUT2D eigenvalue weighted by Gasteiger charge is -2.33. The number of aliphatic hydroxyl groups excluding tert-OH is 2. The quantitative estimate of drug-likeness (QED) is 0.129. The first-order chi connectivity index (χ1) is 19.8. The van der Waals surface area contributed by atoms with Crippen LogP contribution >= 0.6 is 0 Å². The maximum absolute atomic E-state index is 14.1. The average molecular weight is 563 g/mol. The number of aromatic nitrogens is 2. The van der Waals surface area contributed by atoms with Crippen molar-refractivity contribution in [3.63, 3.8) is 0 Å². The van der Waals surface area contributed by atoms with Crippen molar-refractivity contribution in [1.82, 2.24) is 9.97 Å². The van der Waals surface area contributed by atoms with Gasteiger partial charge in [0.2, 0.25) is 0 Å². The predicted molar refractivity (Wildman–Crippen MR) is 154 cm³/mol. The normalized spacial score (nSPS) is 14.2. The van der Waals surface area contributed by atoms with E-state index in [4.69, 9.17) is 9.47 Å². The van der Waals surface area contributed by atoms with Crippen molar-refractivity contribution < 1.29 is 34.7 Å². The number of benzene rings is 2. The highest BCUT2D eigenvalue weighted by molar-refractivity contribution is 5.86. The van der Waals surface area contributed by atoms with Crippen LogP contribution in [-0.4, -0.2) is 63.1 Å². The fourth-order valence-electron chi connectivity index (χ4n) is 5.40. The second kappa shape index (κ2) is 13.4. The van der Waals surface area contributed by atoms with Gasteiger partial charge >= 0.3 is 0 Å². The molecule has 9 nitrogen and oxygen atoms in total. The number of aromatic amines is 2. The lowest BCUT2D eigenvalue weighted by atomic mass is 9.71. The van der Waals surface area contributed by atoms with Gasteiger partial charge in [-0.25, -0.2) is 0 Å². The minimum absolute atomic E-state index is 0.0170. The summed E-state index contributed by atoms with van der Waals surface area (Å²) in [6.45, 7) is -0.426. The lowest BCUT2D eigenvalue weighted by Crippen LogP contribution is -2.42. The summed E-state index contributed by atoms with van der Waals surface area (Å²) in [5, 5.41) is 42.4. The molecule has 0 aliphatic carbocycles. The molecule has 2 aromatic carbocycles. The minimum atomic E-state index is -1.22. The van der Waals surface area contributed by atoms with E-state index in [2.05, 4.69) is 9.97 Å². The fourth-order valence-corrected chi connectivity index (χ4v) is 5.40. The molecule has 0 fully saturated rings. The Hall–Kier alpha value is -4.21. The van der Waals surface area contributed by atoms with Gasteiger partial charge in [-0.2, -0.15) is 0 Å². The molecule has 2 heterocycles. The number of ether oxygens (including phenoxy) is 2. The molecular formula is C32H38N2O7. The van der Waals surface area contributed by atoms with E-state index in [9.17, 15) is 25.2 Å². The number of rotatable bonds is 15. The van der Waals surface area contributed by atoms with Crippen LogP contribution in [-0.2, 0) is 30.5 Å². The number of methoxy groups -OCH3 is 2. The SMILES string of the molecule is COc1cc(C[C@H](Cc2cc[nH]c2)[C@H](O)CC(=O)[C@@](CO)(Cc2cc[nH]c2)Cc2ccc(O)c(OC)c2)ccc1O. The molecule has 3 atom stereocenters. The lowest BCUT2D eigenvalue weighted by molar-refractivity contribution is -0.134. The number of carbonyl (C=O) groups is 1. The van der Waals surface area contributed by atoms with Gasteiger partial charge in [-0.3, -0.25) is 4.79 Å². The van der Waals surface area contributed by atoms with Crippen LogP contribution in [0.25, 0.3) is 0 Å².